The SMILES string of the molecule is CCCC(=O)O.[CH-]1CCCCC1.[Zn]. The fourth-order valence-corrected chi connectivity index (χ4v) is 1.11. The Morgan fingerprint density at radius 2 is 1.85 bits per heavy atom. The minimum absolute atomic E-state index is 0. The smallest absolute Gasteiger partial charge is 0.303 e. The van der Waals surface area contributed by atoms with Crippen LogP contribution in [0.3, 0.4) is 0 Å². The zero-order chi connectivity index (χ0) is 9.23. The molecule has 0 amide bonds. The number of hydrogen-bond acceptors (Lipinski definition) is 1. The van der Waals surface area contributed by atoms with Crippen LogP contribution in [-0.2, 0) is 24.3 Å². The van der Waals surface area contributed by atoms with Gasteiger partial charge < -0.3 is 11.5 Å². The van der Waals surface area contributed by atoms with Gasteiger partial charge in [-0.3, -0.25) is 4.79 Å². The summed E-state index contributed by atoms with van der Waals surface area (Å²) in [6, 6.07) is 0. The Hall–Kier alpha value is 0.0934. The Kier molecular flexibility index (Phi) is 14.5. The summed E-state index contributed by atoms with van der Waals surface area (Å²) in [4.78, 5) is 9.60. The summed E-state index contributed by atoms with van der Waals surface area (Å²) >= 11 is 0. The van der Waals surface area contributed by atoms with E-state index in [1.807, 2.05) is 6.92 Å². The van der Waals surface area contributed by atoms with Crippen molar-refractivity contribution in [3.63, 3.8) is 0 Å². The summed E-state index contributed by atoms with van der Waals surface area (Å²) in [6.07, 6.45) is 10.5. The van der Waals surface area contributed by atoms with E-state index in [-0.39, 0.29) is 19.5 Å². The predicted molar refractivity (Wildman–Crippen MR) is 49.9 cm³/mol. The van der Waals surface area contributed by atoms with Gasteiger partial charge in [-0.2, -0.15) is 12.8 Å². The molecular formula is C10H19O2Zn-. The largest absolute Gasteiger partial charge is 0.481 e. The zero-order valence-electron chi connectivity index (χ0n) is 8.59. The van der Waals surface area contributed by atoms with Crippen LogP contribution in [0.2, 0.25) is 0 Å². The molecule has 0 heterocycles. The van der Waals surface area contributed by atoms with Crippen LogP contribution in [0, 0.1) is 6.42 Å². The first-order chi connectivity index (χ1) is 5.77. The molecule has 0 spiro atoms. The molecule has 0 aliphatic heterocycles. The van der Waals surface area contributed by atoms with E-state index < -0.39 is 5.97 Å². The van der Waals surface area contributed by atoms with Crippen LogP contribution in [0.4, 0.5) is 0 Å². The van der Waals surface area contributed by atoms with Crippen molar-refractivity contribution in [1.82, 2.24) is 0 Å². The second-order valence-corrected chi connectivity index (χ2v) is 3.07. The summed E-state index contributed by atoms with van der Waals surface area (Å²) in [7, 11) is 0. The van der Waals surface area contributed by atoms with Crippen molar-refractivity contribution < 1.29 is 29.4 Å². The molecule has 0 unspecified atom stereocenters. The van der Waals surface area contributed by atoms with Crippen molar-refractivity contribution in [2.24, 2.45) is 0 Å². The molecular weight excluding hydrogens is 217 g/mol. The average molecular weight is 237 g/mol. The topological polar surface area (TPSA) is 37.3 Å². The van der Waals surface area contributed by atoms with Gasteiger partial charge in [0.15, 0.2) is 0 Å². The van der Waals surface area contributed by atoms with E-state index in [0.29, 0.717) is 6.42 Å². The van der Waals surface area contributed by atoms with Gasteiger partial charge in [0, 0.05) is 25.9 Å². The van der Waals surface area contributed by atoms with Gasteiger partial charge >= 0.3 is 5.97 Å². The minimum Gasteiger partial charge on any atom is -0.481 e. The Morgan fingerprint density at radius 1 is 1.31 bits per heavy atom. The van der Waals surface area contributed by atoms with Crippen molar-refractivity contribution in [1.29, 1.82) is 0 Å². The number of aliphatic carboxylic acids is 1. The van der Waals surface area contributed by atoms with Crippen LogP contribution in [0.15, 0.2) is 0 Å². The Morgan fingerprint density at radius 3 is 1.92 bits per heavy atom. The normalized spacial score (nSPS) is 14.8. The standard InChI is InChI=1S/C6H11.C4H8O2.Zn/c1-2-4-6-5-3-1;1-2-3-4(5)6;/h1H,2-6H2;2-3H2,1H3,(H,5,6);/q-1;;. The Bertz CT molecular complexity index is 100.0. The van der Waals surface area contributed by atoms with Gasteiger partial charge in [-0.25, -0.2) is 0 Å². The van der Waals surface area contributed by atoms with Crippen LogP contribution in [0.5, 0.6) is 0 Å². The van der Waals surface area contributed by atoms with Crippen molar-refractivity contribution in [3.8, 4) is 0 Å². The molecule has 1 aliphatic rings. The summed E-state index contributed by atoms with van der Waals surface area (Å²) in [6.45, 7) is 1.84. The van der Waals surface area contributed by atoms with Crippen LogP contribution >= 0.6 is 0 Å². The fourth-order valence-electron chi connectivity index (χ4n) is 1.11. The second-order valence-electron chi connectivity index (χ2n) is 3.07. The number of rotatable bonds is 2. The van der Waals surface area contributed by atoms with E-state index in [2.05, 4.69) is 6.42 Å². The molecule has 13 heavy (non-hydrogen) atoms. The molecule has 0 atom stereocenters. The van der Waals surface area contributed by atoms with Gasteiger partial charge in [0.1, 0.15) is 0 Å². The molecule has 1 fully saturated rings. The molecule has 0 aromatic rings. The van der Waals surface area contributed by atoms with Crippen LogP contribution in [0.25, 0.3) is 0 Å². The third kappa shape index (κ3) is 14.9. The molecule has 2 nitrogen and oxygen atoms in total. The Labute approximate surface area is 93.9 Å². The van der Waals surface area contributed by atoms with E-state index in [9.17, 15) is 4.79 Å². The minimum atomic E-state index is -0.711. The molecule has 1 saturated carbocycles. The Balaban J connectivity index is 0. The molecule has 0 aromatic heterocycles. The molecule has 0 saturated heterocycles. The number of carbonyl (C=O) groups is 1. The first-order valence-electron chi connectivity index (χ1n) is 4.80. The maximum absolute atomic E-state index is 9.60. The summed E-state index contributed by atoms with van der Waals surface area (Å²) in [5.74, 6) is -0.711. The quantitative estimate of drug-likeness (QED) is 0.591. The summed E-state index contributed by atoms with van der Waals surface area (Å²) in [5, 5.41) is 7.91. The van der Waals surface area contributed by atoms with Crippen molar-refractivity contribution in [2.45, 2.75) is 51.9 Å². The molecule has 1 aliphatic carbocycles. The summed E-state index contributed by atoms with van der Waals surface area (Å²) < 4.78 is 0. The van der Waals surface area contributed by atoms with Gasteiger partial charge in [-0.05, 0) is 6.42 Å². The monoisotopic (exact) mass is 235 g/mol. The van der Waals surface area contributed by atoms with Crippen LogP contribution in [0.1, 0.15) is 51.9 Å². The van der Waals surface area contributed by atoms with Gasteiger partial charge in [0.25, 0.3) is 0 Å². The molecule has 74 valence electrons. The third-order valence-corrected chi connectivity index (χ3v) is 1.78. The number of carboxylic acid groups (broad SMARTS) is 1. The molecule has 0 bridgehead atoms. The van der Waals surface area contributed by atoms with Crippen molar-refractivity contribution >= 4 is 5.97 Å². The van der Waals surface area contributed by atoms with E-state index in [0.717, 1.165) is 6.42 Å². The van der Waals surface area contributed by atoms with Gasteiger partial charge in [0.2, 0.25) is 0 Å². The van der Waals surface area contributed by atoms with Crippen molar-refractivity contribution in [3.05, 3.63) is 6.42 Å². The fraction of sp³-hybridized carbons (Fsp3) is 0.800. The summed E-state index contributed by atoms with van der Waals surface area (Å²) in [5.41, 5.74) is 0. The van der Waals surface area contributed by atoms with Crippen molar-refractivity contribution in [2.75, 3.05) is 0 Å². The van der Waals surface area contributed by atoms with E-state index in [4.69, 9.17) is 5.11 Å². The van der Waals surface area contributed by atoms with E-state index in [1.54, 1.807) is 0 Å². The van der Waals surface area contributed by atoms with Gasteiger partial charge in [0.05, 0.1) is 0 Å². The van der Waals surface area contributed by atoms with Gasteiger partial charge in [-0.15, -0.1) is 0 Å². The molecule has 1 N–H and O–H groups in total. The van der Waals surface area contributed by atoms with Gasteiger partial charge in [-0.1, -0.05) is 26.2 Å². The zero-order valence-corrected chi connectivity index (χ0v) is 11.6. The second kappa shape index (κ2) is 12.1. The van der Waals surface area contributed by atoms with Crippen LogP contribution < -0.4 is 0 Å². The number of carboxylic acids is 1. The molecule has 0 radical (unpaired) electrons. The average Bonchev–Trinajstić information content (AvgIpc) is 2.08. The third-order valence-electron chi connectivity index (χ3n) is 1.78. The maximum Gasteiger partial charge on any atom is 0.303 e. The molecule has 3 heteroatoms. The van der Waals surface area contributed by atoms with E-state index in [1.165, 1.54) is 32.1 Å². The maximum atomic E-state index is 9.60. The first kappa shape index (κ1) is 15.6. The first-order valence-corrected chi connectivity index (χ1v) is 4.80. The molecule has 0 aromatic carbocycles. The molecule has 1 rings (SSSR count). The predicted octanol–water partition coefficient (Wildman–Crippen LogP) is 3.02. The number of hydrogen-bond donors (Lipinski definition) is 1. The van der Waals surface area contributed by atoms with Crippen LogP contribution in [-0.4, -0.2) is 11.1 Å². The van der Waals surface area contributed by atoms with E-state index >= 15 is 0 Å².